The molecule has 144 valence electrons. The molecule has 0 bridgehead atoms. The van der Waals surface area contributed by atoms with Gasteiger partial charge in [-0.1, -0.05) is 51.1 Å². The van der Waals surface area contributed by atoms with Crippen molar-refractivity contribution in [1.29, 1.82) is 0 Å². The number of rotatable bonds is 5. The number of sulfone groups is 1. The van der Waals surface area contributed by atoms with Gasteiger partial charge in [0, 0.05) is 17.4 Å². The second-order valence-electron chi connectivity index (χ2n) is 7.75. The fourth-order valence-electron chi connectivity index (χ4n) is 2.79. The first-order chi connectivity index (χ1) is 12.4. The summed E-state index contributed by atoms with van der Waals surface area (Å²) in [6.45, 7) is 7.52. The van der Waals surface area contributed by atoms with Gasteiger partial charge >= 0.3 is 0 Å². The van der Waals surface area contributed by atoms with Gasteiger partial charge in [0.2, 0.25) is 0 Å². The molecular formula is C21H25NO4S. The number of carbonyl (C=O) groups excluding carboxylic acids is 2. The second-order valence-corrected chi connectivity index (χ2v) is 9.77. The third kappa shape index (κ3) is 5.26. The number of benzene rings is 2. The fraction of sp³-hybridized carbons (Fsp3) is 0.333. The van der Waals surface area contributed by atoms with E-state index in [4.69, 9.17) is 0 Å². The Labute approximate surface area is 160 Å². The Morgan fingerprint density at radius 3 is 2.04 bits per heavy atom. The molecule has 0 spiro atoms. The van der Waals surface area contributed by atoms with Gasteiger partial charge in [0.25, 0.3) is 5.91 Å². The summed E-state index contributed by atoms with van der Waals surface area (Å²) in [4.78, 5) is 24.4. The number of hydrogen-bond donors (Lipinski definition) is 1. The van der Waals surface area contributed by atoms with E-state index in [0.717, 1.165) is 11.8 Å². The number of nitrogens with one attached hydrogen (secondary N) is 1. The first-order valence-corrected chi connectivity index (χ1v) is 10.5. The van der Waals surface area contributed by atoms with Gasteiger partial charge in [-0.25, -0.2) is 8.42 Å². The number of carbonyl (C=O) groups is 2. The molecule has 1 N–H and O–H groups in total. The van der Waals surface area contributed by atoms with Gasteiger partial charge in [-0.15, -0.1) is 0 Å². The van der Waals surface area contributed by atoms with Crippen molar-refractivity contribution in [2.24, 2.45) is 5.41 Å². The van der Waals surface area contributed by atoms with Crippen LogP contribution in [0.25, 0.3) is 0 Å². The maximum absolute atomic E-state index is 12.8. The lowest BCUT2D eigenvalue weighted by molar-refractivity contribution is 0.0900. The SMILES string of the molecule is CC(=O)c1ccc(C(NC(=O)c2cccc(S(C)(=O)=O)c2)C(C)(C)C)cc1. The van der Waals surface area contributed by atoms with Gasteiger partial charge in [-0.3, -0.25) is 9.59 Å². The van der Waals surface area contributed by atoms with Gasteiger partial charge < -0.3 is 5.32 Å². The maximum atomic E-state index is 12.8. The van der Waals surface area contributed by atoms with Crippen LogP contribution in [0.2, 0.25) is 0 Å². The van der Waals surface area contributed by atoms with Gasteiger partial charge in [0.15, 0.2) is 15.6 Å². The molecule has 0 aliphatic heterocycles. The summed E-state index contributed by atoms with van der Waals surface area (Å²) in [5.41, 5.74) is 1.48. The minimum absolute atomic E-state index is 0.0181. The van der Waals surface area contributed by atoms with E-state index in [1.807, 2.05) is 32.9 Å². The average Bonchev–Trinajstić information content (AvgIpc) is 2.58. The van der Waals surface area contributed by atoms with Crippen molar-refractivity contribution < 1.29 is 18.0 Å². The van der Waals surface area contributed by atoms with Crippen molar-refractivity contribution in [1.82, 2.24) is 5.32 Å². The summed E-state index contributed by atoms with van der Waals surface area (Å²) >= 11 is 0. The average molecular weight is 388 g/mol. The van der Waals surface area contributed by atoms with Crippen molar-refractivity contribution in [3.8, 4) is 0 Å². The van der Waals surface area contributed by atoms with Gasteiger partial charge in [-0.05, 0) is 36.1 Å². The van der Waals surface area contributed by atoms with Crippen molar-refractivity contribution in [3.63, 3.8) is 0 Å². The number of amides is 1. The summed E-state index contributed by atoms with van der Waals surface area (Å²) in [6.07, 6.45) is 1.11. The topological polar surface area (TPSA) is 80.3 Å². The molecule has 1 atom stereocenters. The molecule has 2 aromatic rings. The molecule has 0 fully saturated rings. The molecule has 0 aliphatic rings. The van der Waals surface area contributed by atoms with E-state index in [2.05, 4.69) is 5.32 Å². The molecule has 27 heavy (non-hydrogen) atoms. The van der Waals surface area contributed by atoms with Crippen molar-refractivity contribution in [3.05, 3.63) is 65.2 Å². The van der Waals surface area contributed by atoms with Crippen LogP contribution in [0.3, 0.4) is 0 Å². The van der Waals surface area contributed by atoms with E-state index in [1.165, 1.54) is 19.1 Å². The van der Waals surface area contributed by atoms with E-state index < -0.39 is 9.84 Å². The summed E-state index contributed by atoms with van der Waals surface area (Å²) < 4.78 is 23.5. The lowest BCUT2D eigenvalue weighted by atomic mass is 9.82. The van der Waals surface area contributed by atoms with Crippen LogP contribution < -0.4 is 5.32 Å². The Bertz CT molecular complexity index is 954. The van der Waals surface area contributed by atoms with Crippen LogP contribution in [0.1, 0.15) is 60.0 Å². The van der Waals surface area contributed by atoms with E-state index in [1.54, 1.807) is 24.3 Å². The molecule has 0 saturated heterocycles. The standard InChI is InChI=1S/C21H25NO4S/c1-14(23)15-9-11-16(12-10-15)19(21(2,3)4)22-20(24)17-7-6-8-18(13-17)27(5,25)26/h6-13,19H,1-5H3,(H,22,24). The zero-order chi connectivity index (χ0) is 20.4. The van der Waals surface area contributed by atoms with Crippen molar-refractivity contribution in [2.45, 2.75) is 38.6 Å². The molecule has 1 unspecified atom stereocenters. The van der Waals surface area contributed by atoms with Crippen LogP contribution in [0, 0.1) is 5.41 Å². The van der Waals surface area contributed by atoms with Crippen molar-refractivity contribution >= 4 is 21.5 Å². The van der Waals surface area contributed by atoms with Crippen LogP contribution in [0.15, 0.2) is 53.4 Å². The highest BCUT2D eigenvalue weighted by atomic mass is 32.2. The quantitative estimate of drug-likeness (QED) is 0.791. The van der Waals surface area contributed by atoms with Crippen LogP contribution in [0.4, 0.5) is 0 Å². The monoisotopic (exact) mass is 387 g/mol. The second kappa shape index (κ2) is 7.64. The molecule has 2 aromatic carbocycles. The normalized spacial score (nSPS) is 13.1. The Kier molecular flexibility index (Phi) is 5.90. The third-order valence-corrected chi connectivity index (χ3v) is 5.43. The van der Waals surface area contributed by atoms with Gasteiger partial charge in [0.1, 0.15) is 0 Å². The Morgan fingerprint density at radius 2 is 1.56 bits per heavy atom. The van der Waals surface area contributed by atoms with Gasteiger partial charge in [-0.2, -0.15) is 0 Å². The van der Waals surface area contributed by atoms with Crippen LogP contribution >= 0.6 is 0 Å². The predicted octanol–water partition coefficient (Wildman–Crippen LogP) is 3.81. The fourth-order valence-corrected chi connectivity index (χ4v) is 3.46. The minimum atomic E-state index is -3.39. The molecule has 0 aromatic heterocycles. The lowest BCUT2D eigenvalue weighted by Crippen LogP contribution is -2.36. The first-order valence-electron chi connectivity index (χ1n) is 8.61. The molecule has 0 heterocycles. The number of ketones is 1. The van der Waals surface area contributed by atoms with E-state index in [-0.39, 0.29) is 33.6 Å². The number of Topliss-reactive ketones (excluding diaryl/α,β-unsaturated/α-hetero) is 1. The summed E-state index contributed by atoms with van der Waals surface area (Å²) in [5, 5.41) is 3.00. The summed E-state index contributed by atoms with van der Waals surface area (Å²) in [5.74, 6) is -0.369. The maximum Gasteiger partial charge on any atom is 0.251 e. The van der Waals surface area contributed by atoms with Crippen LogP contribution in [-0.2, 0) is 9.84 Å². The zero-order valence-electron chi connectivity index (χ0n) is 16.2. The van der Waals surface area contributed by atoms with E-state index in [9.17, 15) is 18.0 Å². The molecule has 0 saturated carbocycles. The van der Waals surface area contributed by atoms with E-state index in [0.29, 0.717) is 5.56 Å². The molecular weight excluding hydrogens is 362 g/mol. The molecule has 2 rings (SSSR count). The Hall–Kier alpha value is -2.47. The highest BCUT2D eigenvalue weighted by Gasteiger charge is 2.28. The minimum Gasteiger partial charge on any atom is -0.345 e. The van der Waals surface area contributed by atoms with E-state index >= 15 is 0 Å². The predicted molar refractivity (Wildman–Crippen MR) is 106 cm³/mol. The third-order valence-electron chi connectivity index (χ3n) is 4.32. The van der Waals surface area contributed by atoms with Crippen LogP contribution in [0.5, 0.6) is 0 Å². The first kappa shape index (κ1) is 20.8. The zero-order valence-corrected chi connectivity index (χ0v) is 17.1. The Balaban J connectivity index is 2.34. The Morgan fingerprint density at radius 1 is 0.963 bits per heavy atom. The van der Waals surface area contributed by atoms with Gasteiger partial charge in [0.05, 0.1) is 10.9 Å². The smallest absolute Gasteiger partial charge is 0.251 e. The highest BCUT2D eigenvalue weighted by molar-refractivity contribution is 7.90. The van der Waals surface area contributed by atoms with Crippen molar-refractivity contribution in [2.75, 3.05) is 6.26 Å². The largest absolute Gasteiger partial charge is 0.345 e. The molecule has 5 nitrogen and oxygen atoms in total. The summed E-state index contributed by atoms with van der Waals surface area (Å²) in [6, 6.07) is 12.8. The molecule has 6 heteroatoms. The highest BCUT2D eigenvalue weighted by Crippen LogP contribution is 2.33. The number of hydrogen-bond acceptors (Lipinski definition) is 4. The lowest BCUT2D eigenvalue weighted by Gasteiger charge is -2.32. The molecule has 0 aliphatic carbocycles. The molecule has 0 radical (unpaired) electrons. The summed E-state index contributed by atoms with van der Waals surface area (Å²) in [7, 11) is -3.39. The molecule has 1 amide bonds. The van der Waals surface area contributed by atoms with Crippen LogP contribution in [-0.4, -0.2) is 26.4 Å².